The topological polar surface area (TPSA) is 67.4 Å². The number of rotatable bonds is 9. The van der Waals surface area contributed by atoms with Gasteiger partial charge < -0.3 is 15.4 Å². The zero-order chi connectivity index (χ0) is 19.6. The maximum Gasteiger partial charge on any atom is 0.255 e. The molecule has 2 amide bonds. The van der Waals surface area contributed by atoms with Crippen molar-refractivity contribution in [2.45, 2.75) is 33.1 Å². The van der Waals surface area contributed by atoms with Crippen molar-refractivity contribution in [3.8, 4) is 5.75 Å². The Balaban J connectivity index is 1.98. The first kappa shape index (κ1) is 21.0. The first-order chi connectivity index (χ1) is 13.0. The highest BCUT2D eigenvalue weighted by Crippen LogP contribution is 2.26. The first-order valence-corrected chi connectivity index (χ1v) is 9.96. The predicted octanol–water partition coefficient (Wildman–Crippen LogP) is 5.02. The van der Waals surface area contributed by atoms with E-state index in [9.17, 15) is 9.59 Å². The summed E-state index contributed by atoms with van der Waals surface area (Å²) in [4.78, 5) is 24.4. The number of hydrogen-bond acceptors (Lipinski definition) is 3. The number of carbonyl (C=O) groups is 2. The van der Waals surface area contributed by atoms with E-state index < -0.39 is 0 Å². The number of nitrogens with one attached hydrogen (secondary N) is 2. The fraction of sp³-hybridized carbons (Fsp3) is 0.333. The van der Waals surface area contributed by atoms with Crippen LogP contribution in [0.2, 0.25) is 0 Å². The summed E-state index contributed by atoms with van der Waals surface area (Å²) < 4.78 is 6.42. The minimum absolute atomic E-state index is 0.114. The van der Waals surface area contributed by atoms with E-state index in [0.29, 0.717) is 30.0 Å². The van der Waals surface area contributed by atoms with Crippen molar-refractivity contribution >= 4 is 33.4 Å². The van der Waals surface area contributed by atoms with Crippen LogP contribution >= 0.6 is 15.9 Å². The third kappa shape index (κ3) is 6.40. The van der Waals surface area contributed by atoms with Crippen LogP contribution in [0.1, 0.15) is 53.8 Å². The molecule has 0 bridgehead atoms. The second kappa shape index (κ2) is 10.7. The molecule has 2 rings (SSSR count). The van der Waals surface area contributed by atoms with Gasteiger partial charge in [0.05, 0.1) is 11.1 Å². The van der Waals surface area contributed by atoms with Gasteiger partial charge in [0.15, 0.2) is 0 Å². The third-order valence-corrected chi connectivity index (χ3v) is 4.51. The number of ether oxygens (including phenoxy) is 1. The van der Waals surface area contributed by atoms with E-state index in [1.165, 1.54) is 0 Å². The molecular weight excluding hydrogens is 408 g/mol. The molecule has 0 aromatic heterocycles. The Hall–Kier alpha value is -2.34. The van der Waals surface area contributed by atoms with E-state index in [0.717, 1.165) is 29.5 Å². The molecule has 0 atom stereocenters. The largest absolute Gasteiger partial charge is 0.492 e. The van der Waals surface area contributed by atoms with Crippen LogP contribution in [0.3, 0.4) is 0 Å². The number of carbonyl (C=O) groups excluding carboxylic acids is 2. The number of hydrogen-bond donors (Lipinski definition) is 2. The van der Waals surface area contributed by atoms with Crippen molar-refractivity contribution in [3.05, 3.63) is 58.1 Å². The molecule has 0 aliphatic rings. The highest BCUT2D eigenvalue weighted by molar-refractivity contribution is 9.10. The molecule has 27 heavy (non-hydrogen) atoms. The average Bonchev–Trinajstić information content (AvgIpc) is 2.68. The SMILES string of the molecule is CCCCOc1ccc(C(=O)Nc2ccc(C(=O)NCCC)cc2)cc1Br. The Labute approximate surface area is 168 Å². The van der Waals surface area contributed by atoms with Gasteiger partial charge in [-0.15, -0.1) is 0 Å². The number of halogens is 1. The number of anilines is 1. The van der Waals surface area contributed by atoms with Crippen molar-refractivity contribution in [1.29, 1.82) is 0 Å². The van der Waals surface area contributed by atoms with E-state index in [4.69, 9.17) is 4.74 Å². The van der Waals surface area contributed by atoms with Crippen molar-refractivity contribution in [3.63, 3.8) is 0 Å². The molecule has 0 saturated heterocycles. The van der Waals surface area contributed by atoms with Gasteiger partial charge >= 0.3 is 0 Å². The van der Waals surface area contributed by atoms with Gasteiger partial charge in [-0.2, -0.15) is 0 Å². The number of amides is 2. The summed E-state index contributed by atoms with van der Waals surface area (Å²) >= 11 is 3.45. The molecule has 144 valence electrons. The molecule has 0 fully saturated rings. The fourth-order valence-corrected chi connectivity index (χ4v) is 2.83. The van der Waals surface area contributed by atoms with Crippen LogP contribution in [0.25, 0.3) is 0 Å². The molecule has 0 saturated carbocycles. The summed E-state index contributed by atoms with van der Waals surface area (Å²) in [5, 5.41) is 5.66. The number of benzene rings is 2. The Morgan fingerprint density at radius 3 is 2.30 bits per heavy atom. The molecule has 2 aromatic rings. The molecule has 0 aliphatic carbocycles. The van der Waals surface area contributed by atoms with Crippen molar-refractivity contribution < 1.29 is 14.3 Å². The molecule has 0 unspecified atom stereocenters. The lowest BCUT2D eigenvalue weighted by atomic mass is 10.1. The monoisotopic (exact) mass is 432 g/mol. The Kier molecular flexibility index (Phi) is 8.33. The summed E-state index contributed by atoms with van der Waals surface area (Å²) in [7, 11) is 0. The Morgan fingerprint density at radius 2 is 1.67 bits per heavy atom. The minimum Gasteiger partial charge on any atom is -0.492 e. The van der Waals surface area contributed by atoms with Crippen molar-refractivity contribution in [1.82, 2.24) is 5.32 Å². The van der Waals surface area contributed by atoms with Gasteiger partial charge in [-0.1, -0.05) is 20.3 Å². The summed E-state index contributed by atoms with van der Waals surface area (Å²) in [6.45, 7) is 5.40. The first-order valence-electron chi connectivity index (χ1n) is 9.17. The lowest BCUT2D eigenvalue weighted by molar-refractivity contribution is 0.0953. The van der Waals surface area contributed by atoms with Gasteiger partial charge in [0.1, 0.15) is 5.75 Å². The summed E-state index contributed by atoms with van der Waals surface area (Å²) in [5.74, 6) is 0.388. The number of unbranched alkanes of at least 4 members (excludes halogenated alkanes) is 1. The Morgan fingerprint density at radius 1 is 0.963 bits per heavy atom. The molecule has 2 aromatic carbocycles. The maximum atomic E-state index is 12.4. The summed E-state index contributed by atoms with van der Waals surface area (Å²) in [5.41, 5.74) is 1.72. The average molecular weight is 433 g/mol. The molecule has 0 heterocycles. The molecule has 0 radical (unpaired) electrons. The van der Waals surface area contributed by atoms with Gasteiger partial charge in [0, 0.05) is 23.4 Å². The maximum absolute atomic E-state index is 12.4. The Bertz CT molecular complexity index is 775. The smallest absolute Gasteiger partial charge is 0.255 e. The molecule has 2 N–H and O–H groups in total. The lowest BCUT2D eigenvalue weighted by Crippen LogP contribution is -2.23. The van der Waals surface area contributed by atoms with Crippen molar-refractivity contribution in [2.24, 2.45) is 0 Å². The summed E-state index contributed by atoms with van der Waals surface area (Å²) in [6.07, 6.45) is 2.94. The van der Waals surface area contributed by atoms with E-state index >= 15 is 0 Å². The zero-order valence-electron chi connectivity index (χ0n) is 15.7. The van der Waals surface area contributed by atoms with Crippen LogP contribution in [0.15, 0.2) is 46.9 Å². The van der Waals surface area contributed by atoms with E-state index in [2.05, 4.69) is 33.5 Å². The second-order valence-electron chi connectivity index (χ2n) is 6.13. The second-order valence-corrected chi connectivity index (χ2v) is 6.99. The minimum atomic E-state index is -0.223. The molecular formula is C21H25BrN2O3. The van der Waals surface area contributed by atoms with Gasteiger partial charge in [-0.3, -0.25) is 9.59 Å². The quantitative estimate of drug-likeness (QED) is 0.546. The molecule has 6 heteroatoms. The van der Waals surface area contributed by atoms with Crippen LogP contribution in [-0.2, 0) is 0 Å². The van der Waals surface area contributed by atoms with Gasteiger partial charge in [0.2, 0.25) is 0 Å². The van der Waals surface area contributed by atoms with Gasteiger partial charge in [-0.25, -0.2) is 0 Å². The summed E-state index contributed by atoms with van der Waals surface area (Å²) in [6, 6.07) is 12.1. The van der Waals surface area contributed by atoms with Crippen LogP contribution < -0.4 is 15.4 Å². The predicted molar refractivity (Wildman–Crippen MR) is 112 cm³/mol. The highest BCUT2D eigenvalue weighted by atomic mass is 79.9. The van der Waals surface area contributed by atoms with Crippen LogP contribution in [0.4, 0.5) is 5.69 Å². The van der Waals surface area contributed by atoms with E-state index in [1.54, 1.807) is 42.5 Å². The van der Waals surface area contributed by atoms with Gasteiger partial charge in [0.25, 0.3) is 11.8 Å². The van der Waals surface area contributed by atoms with Crippen LogP contribution in [-0.4, -0.2) is 25.0 Å². The van der Waals surface area contributed by atoms with Gasteiger partial charge in [-0.05, 0) is 71.2 Å². The third-order valence-electron chi connectivity index (χ3n) is 3.89. The lowest BCUT2D eigenvalue weighted by Gasteiger charge is -2.10. The standard InChI is InChI=1S/C21H25BrN2O3/c1-3-5-13-27-19-11-8-16(14-18(19)22)21(26)24-17-9-6-15(7-10-17)20(25)23-12-4-2/h6-11,14H,3-5,12-13H2,1-2H3,(H,23,25)(H,24,26). The fourth-order valence-electron chi connectivity index (χ4n) is 2.33. The highest BCUT2D eigenvalue weighted by Gasteiger charge is 2.11. The van der Waals surface area contributed by atoms with Crippen LogP contribution in [0, 0.1) is 0 Å². The van der Waals surface area contributed by atoms with Crippen LogP contribution in [0.5, 0.6) is 5.75 Å². The molecule has 5 nitrogen and oxygen atoms in total. The van der Waals surface area contributed by atoms with E-state index in [-0.39, 0.29) is 11.8 Å². The molecule has 0 spiro atoms. The van der Waals surface area contributed by atoms with Crippen molar-refractivity contribution in [2.75, 3.05) is 18.5 Å². The normalized spacial score (nSPS) is 10.3. The zero-order valence-corrected chi connectivity index (χ0v) is 17.3. The van der Waals surface area contributed by atoms with E-state index in [1.807, 2.05) is 6.92 Å². The molecule has 0 aliphatic heterocycles.